The number of hydrogen-bond donors (Lipinski definition) is 1. The minimum absolute atomic E-state index is 0.147. The van der Waals surface area contributed by atoms with Crippen LogP contribution in [0.15, 0.2) is 6.20 Å². The molecule has 0 aliphatic rings. The molecule has 0 bridgehead atoms. The van der Waals surface area contributed by atoms with Crippen molar-refractivity contribution in [3.63, 3.8) is 0 Å². The number of aromatic nitrogens is 3. The van der Waals surface area contributed by atoms with Gasteiger partial charge < -0.3 is 9.84 Å². The molecule has 17 heavy (non-hydrogen) atoms. The molecule has 1 heterocycles. The van der Waals surface area contributed by atoms with Crippen LogP contribution in [0, 0.1) is 0 Å². The van der Waals surface area contributed by atoms with E-state index in [1.54, 1.807) is 10.9 Å². The van der Waals surface area contributed by atoms with Crippen molar-refractivity contribution >= 4 is 5.97 Å². The number of aliphatic carboxylic acids is 1. The Labute approximate surface area is 101 Å². The summed E-state index contributed by atoms with van der Waals surface area (Å²) in [7, 11) is 0. The average Bonchev–Trinajstić information content (AvgIpc) is 2.61. The van der Waals surface area contributed by atoms with Gasteiger partial charge in [-0.05, 0) is 27.2 Å². The Balaban J connectivity index is 2.35. The van der Waals surface area contributed by atoms with Crippen molar-refractivity contribution < 1.29 is 14.6 Å². The normalized spacial score (nSPS) is 11.7. The number of aryl methyl sites for hydroxylation is 1. The van der Waals surface area contributed by atoms with Crippen molar-refractivity contribution in [2.45, 2.75) is 52.4 Å². The summed E-state index contributed by atoms with van der Waals surface area (Å²) in [6, 6.07) is 0. The first-order valence-corrected chi connectivity index (χ1v) is 5.61. The fourth-order valence-electron chi connectivity index (χ4n) is 1.20. The standard InChI is InChI=1S/C11H19N3O3/c1-11(2,3)17-8-9-7-14(13-12-9)6-4-5-10(15)16/h7H,4-6,8H2,1-3H3,(H,15,16). The molecule has 0 fully saturated rings. The van der Waals surface area contributed by atoms with Gasteiger partial charge in [0.2, 0.25) is 0 Å². The Morgan fingerprint density at radius 3 is 2.82 bits per heavy atom. The van der Waals surface area contributed by atoms with Gasteiger partial charge in [-0.1, -0.05) is 5.21 Å². The Kier molecular flexibility index (Phi) is 4.62. The molecule has 1 rings (SSSR count). The average molecular weight is 241 g/mol. The van der Waals surface area contributed by atoms with E-state index in [2.05, 4.69) is 10.3 Å². The molecular weight excluding hydrogens is 222 g/mol. The van der Waals surface area contributed by atoms with Gasteiger partial charge in [-0.15, -0.1) is 5.10 Å². The summed E-state index contributed by atoms with van der Waals surface area (Å²) in [5, 5.41) is 16.4. The monoisotopic (exact) mass is 241 g/mol. The van der Waals surface area contributed by atoms with Gasteiger partial charge in [0.15, 0.2) is 0 Å². The van der Waals surface area contributed by atoms with Gasteiger partial charge in [-0.3, -0.25) is 9.48 Å². The highest BCUT2D eigenvalue weighted by Crippen LogP contribution is 2.10. The Morgan fingerprint density at radius 1 is 1.53 bits per heavy atom. The first-order valence-electron chi connectivity index (χ1n) is 5.61. The molecule has 1 aromatic rings. The van der Waals surface area contributed by atoms with E-state index in [0.717, 1.165) is 5.69 Å². The summed E-state index contributed by atoms with van der Waals surface area (Å²) in [6.07, 6.45) is 2.49. The Hall–Kier alpha value is -1.43. The summed E-state index contributed by atoms with van der Waals surface area (Å²) < 4.78 is 7.20. The molecule has 0 aliphatic heterocycles. The quantitative estimate of drug-likeness (QED) is 0.815. The maximum atomic E-state index is 10.3. The Bertz CT molecular complexity index is 368. The lowest BCUT2D eigenvalue weighted by molar-refractivity contribution is -0.137. The molecule has 6 nitrogen and oxygen atoms in total. The maximum Gasteiger partial charge on any atom is 0.303 e. The second kappa shape index (κ2) is 5.77. The van der Waals surface area contributed by atoms with Crippen molar-refractivity contribution in [3.8, 4) is 0 Å². The largest absolute Gasteiger partial charge is 0.481 e. The van der Waals surface area contributed by atoms with E-state index >= 15 is 0 Å². The zero-order chi connectivity index (χ0) is 12.9. The number of carboxylic acids is 1. The summed E-state index contributed by atoms with van der Waals surface area (Å²) in [5.41, 5.74) is 0.558. The van der Waals surface area contributed by atoms with E-state index in [0.29, 0.717) is 19.6 Å². The number of carboxylic acid groups (broad SMARTS) is 1. The highest BCUT2D eigenvalue weighted by Gasteiger charge is 2.11. The van der Waals surface area contributed by atoms with Crippen LogP contribution in [0.5, 0.6) is 0 Å². The molecule has 0 spiro atoms. The number of carbonyl (C=O) groups is 1. The number of nitrogens with zero attached hydrogens (tertiary/aromatic N) is 3. The highest BCUT2D eigenvalue weighted by molar-refractivity contribution is 5.66. The van der Waals surface area contributed by atoms with Crippen molar-refractivity contribution in [3.05, 3.63) is 11.9 Å². The summed E-state index contributed by atoms with van der Waals surface area (Å²) in [5.74, 6) is -0.790. The Morgan fingerprint density at radius 2 is 2.24 bits per heavy atom. The van der Waals surface area contributed by atoms with E-state index in [4.69, 9.17) is 9.84 Å². The van der Waals surface area contributed by atoms with Crippen molar-refractivity contribution in [2.75, 3.05) is 0 Å². The molecular formula is C11H19N3O3. The molecule has 96 valence electrons. The van der Waals surface area contributed by atoms with Crippen molar-refractivity contribution in [1.82, 2.24) is 15.0 Å². The molecule has 1 N–H and O–H groups in total. The van der Waals surface area contributed by atoms with Crippen LogP contribution in [-0.2, 0) is 22.7 Å². The fourth-order valence-corrected chi connectivity index (χ4v) is 1.20. The van der Waals surface area contributed by atoms with Gasteiger partial charge in [0.25, 0.3) is 0 Å². The lowest BCUT2D eigenvalue weighted by Gasteiger charge is -2.18. The first-order chi connectivity index (χ1) is 7.87. The number of rotatable bonds is 6. The van der Waals surface area contributed by atoms with E-state index in [-0.39, 0.29) is 12.0 Å². The molecule has 1 aromatic heterocycles. The van der Waals surface area contributed by atoms with Gasteiger partial charge in [0.05, 0.1) is 18.4 Å². The molecule has 0 amide bonds. The zero-order valence-corrected chi connectivity index (χ0v) is 10.5. The van der Waals surface area contributed by atoms with Gasteiger partial charge in [0, 0.05) is 13.0 Å². The van der Waals surface area contributed by atoms with Gasteiger partial charge in [0.1, 0.15) is 5.69 Å². The second-order valence-electron chi connectivity index (χ2n) is 4.87. The number of hydrogen-bond acceptors (Lipinski definition) is 4. The highest BCUT2D eigenvalue weighted by atomic mass is 16.5. The van der Waals surface area contributed by atoms with Crippen LogP contribution < -0.4 is 0 Å². The van der Waals surface area contributed by atoms with Crippen LogP contribution in [0.3, 0.4) is 0 Å². The number of ether oxygens (including phenoxy) is 1. The minimum atomic E-state index is -0.790. The van der Waals surface area contributed by atoms with E-state index in [9.17, 15) is 4.79 Å². The topological polar surface area (TPSA) is 77.2 Å². The second-order valence-corrected chi connectivity index (χ2v) is 4.87. The van der Waals surface area contributed by atoms with Crippen LogP contribution in [0.1, 0.15) is 39.3 Å². The lowest BCUT2D eigenvalue weighted by atomic mass is 10.2. The van der Waals surface area contributed by atoms with E-state index < -0.39 is 5.97 Å². The van der Waals surface area contributed by atoms with Crippen molar-refractivity contribution in [2.24, 2.45) is 0 Å². The van der Waals surface area contributed by atoms with Crippen LogP contribution in [-0.4, -0.2) is 31.7 Å². The summed E-state index contributed by atoms with van der Waals surface area (Å²) in [6.45, 7) is 6.91. The third kappa shape index (κ3) is 6.01. The van der Waals surface area contributed by atoms with Crippen LogP contribution in [0.4, 0.5) is 0 Å². The first kappa shape index (κ1) is 13.6. The molecule has 0 unspecified atom stereocenters. The van der Waals surface area contributed by atoms with Gasteiger partial charge in [-0.25, -0.2) is 0 Å². The van der Waals surface area contributed by atoms with E-state index in [1.807, 2.05) is 20.8 Å². The van der Waals surface area contributed by atoms with E-state index in [1.165, 1.54) is 0 Å². The third-order valence-corrected chi connectivity index (χ3v) is 2.02. The fraction of sp³-hybridized carbons (Fsp3) is 0.727. The van der Waals surface area contributed by atoms with Crippen LogP contribution in [0.2, 0.25) is 0 Å². The molecule has 6 heteroatoms. The lowest BCUT2D eigenvalue weighted by Crippen LogP contribution is -2.18. The predicted octanol–water partition coefficient (Wildman–Crippen LogP) is 1.46. The van der Waals surface area contributed by atoms with Gasteiger partial charge >= 0.3 is 5.97 Å². The molecule has 0 saturated carbocycles. The zero-order valence-electron chi connectivity index (χ0n) is 10.5. The van der Waals surface area contributed by atoms with Crippen LogP contribution in [0.25, 0.3) is 0 Å². The molecule has 0 radical (unpaired) electrons. The molecule has 0 saturated heterocycles. The maximum absolute atomic E-state index is 10.3. The minimum Gasteiger partial charge on any atom is -0.481 e. The smallest absolute Gasteiger partial charge is 0.303 e. The SMILES string of the molecule is CC(C)(C)OCc1cn(CCCC(=O)O)nn1. The predicted molar refractivity (Wildman–Crippen MR) is 61.4 cm³/mol. The third-order valence-electron chi connectivity index (χ3n) is 2.02. The van der Waals surface area contributed by atoms with Crippen LogP contribution >= 0.6 is 0 Å². The molecule has 0 aliphatic carbocycles. The summed E-state index contributed by atoms with van der Waals surface area (Å²) >= 11 is 0. The molecule has 0 aromatic carbocycles. The van der Waals surface area contributed by atoms with Crippen molar-refractivity contribution in [1.29, 1.82) is 0 Å². The molecule has 0 atom stereocenters. The van der Waals surface area contributed by atoms with Gasteiger partial charge in [-0.2, -0.15) is 0 Å². The summed E-state index contributed by atoms with van der Waals surface area (Å²) in [4.78, 5) is 10.3.